The molecule has 2 aliphatic heterocycles. The summed E-state index contributed by atoms with van der Waals surface area (Å²) >= 11 is 0. The number of nitrogens with zero attached hydrogens (tertiary/aromatic N) is 2. The maximum absolute atomic E-state index is 12.6. The standard InChI is InChI=1S/C16H30N2O3/c1-15(2)13(14(20)16(3,4)21-15)12-18-7-5-6-17(8-9-18)10-11-19/h13,19H,5-12H2,1-4H3. The van der Waals surface area contributed by atoms with E-state index in [1.54, 1.807) is 0 Å². The Balaban J connectivity index is 1.96. The van der Waals surface area contributed by atoms with Crippen molar-refractivity contribution in [2.75, 3.05) is 45.9 Å². The van der Waals surface area contributed by atoms with Crippen molar-refractivity contribution in [3.63, 3.8) is 0 Å². The van der Waals surface area contributed by atoms with E-state index in [1.807, 2.05) is 27.7 Å². The van der Waals surface area contributed by atoms with Crippen LogP contribution in [0.4, 0.5) is 0 Å². The van der Waals surface area contributed by atoms with Gasteiger partial charge in [-0.1, -0.05) is 0 Å². The van der Waals surface area contributed by atoms with Gasteiger partial charge in [-0.25, -0.2) is 0 Å². The van der Waals surface area contributed by atoms with Crippen LogP contribution in [0.5, 0.6) is 0 Å². The molecule has 2 heterocycles. The van der Waals surface area contributed by atoms with Gasteiger partial charge in [0.25, 0.3) is 0 Å². The van der Waals surface area contributed by atoms with E-state index in [9.17, 15) is 4.79 Å². The van der Waals surface area contributed by atoms with Crippen molar-refractivity contribution in [2.24, 2.45) is 5.92 Å². The van der Waals surface area contributed by atoms with Gasteiger partial charge in [0, 0.05) is 26.2 Å². The smallest absolute Gasteiger partial charge is 0.171 e. The first-order valence-electron chi connectivity index (χ1n) is 8.06. The fraction of sp³-hybridized carbons (Fsp3) is 0.938. The lowest BCUT2D eigenvalue weighted by molar-refractivity contribution is -0.132. The number of hydrogen-bond donors (Lipinski definition) is 1. The highest BCUT2D eigenvalue weighted by Gasteiger charge is 2.53. The predicted octanol–water partition coefficient (Wildman–Crippen LogP) is 0.759. The number of ketones is 1. The maximum Gasteiger partial charge on any atom is 0.171 e. The van der Waals surface area contributed by atoms with E-state index in [4.69, 9.17) is 9.84 Å². The average Bonchev–Trinajstić information content (AvgIpc) is 2.55. The topological polar surface area (TPSA) is 53.0 Å². The third-order valence-electron chi connectivity index (χ3n) is 4.81. The zero-order valence-electron chi connectivity index (χ0n) is 13.9. The number of hydrogen-bond acceptors (Lipinski definition) is 5. The Morgan fingerprint density at radius 3 is 2.33 bits per heavy atom. The van der Waals surface area contributed by atoms with Crippen LogP contribution in [0.15, 0.2) is 0 Å². The van der Waals surface area contributed by atoms with Crippen molar-refractivity contribution in [3.05, 3.63) is 0 Å². The van der Waals surface area contributed by atoms with Gasteiger partial charge >= 0.3 is 0 Å². The third-order valence-corrected chi connectivity index (χ3v) is 4.81. The largest absolute Gasteiger partial charge is 0.395 e. The summed E-state index contributed by atoms with van der Waals surface area (Å²) in [5, 5.41) is 9.05. The van der Waals surface area contributed by atoms with Crippen LogP contribution in [0, 0.1) is 5.92 Å². The minimum Gasteiger partial charge on any atom is -0.395 e. The van der Waals surface area contributed by atoms with Crippen molar-refractivity contribution in [3.8, 4) is 0 Å². The quantitative estimate of drug-likeness (QED) is 0.830. The fourth-order valence-electron chi connectivity index (χ4n) is 3.65. The molecular weight excluding hydrogens is 268 g/mol. The molecule has 5 heteroatoms. The first kappa shape index (κ1) is 16.9. The molecule has 2 rings (SSSR count). The van der Waals surface area contributed by atoms with E-state index in [0.29, 0.717) is 0 Å². The maximum atomic E-state index is 12.6. The summed E-state index contributed by atoms with van der Waals surface area (Å²) in [6.07, 6.45) is 1.09. The van der Waals surface area contributed by atoms with E-state index in [-0.39, 0.29) is 18.3 Å². The van der Waals surface area contributed by atoms with Crippen molar-refractivity contribution in [1.29, 1.82) is 0 Å². The number of aliphatic hydroxyl groups is 1. The van der Waals surface area contributed by atoms with Gasteiger partial charge in [0.1, 0.15) is 5.60 Å². The first-order valence-corrected chi connectivity index (χ1v) is 8.06. The van der Waals surface area contributed by atoms with Crippen molar-refractivity contribution in [2.45, 2.75) is 45.3 Å². The number of carbonyl (C=O) groups is 1. The van der Waals surface area contributed by atoms with Gasteiger partial charge < -0.3 is 14.7 Å². The lowest BCUT2D eigenvalue weighted by atomic mass is 9.85. The lowest BCUT2D eigenvalue weighted by Gasteiger charge is -2.30. The summed E-state index contributed by atoms with van der Waals surface area (Å²) in [6, 6.07) is 0. The van der Waals surface area contributed by atoms with Crippen LogP contribution < -0.4 is 0 Å². The van der Waals surface area contributed by atoms with Crippen LogP contribution in [0.25, 0.3) is 0 Å². The van der Waals surface area contributed by atoms with Crippen LogP contribution in [-0.2, 0) is 9.53 Å². The molecule has 0 saturated carbocycles. The lowest BCUT2D eigenvalue weighted by Crippen LogP contribution is -2.42. The van der Waals surface area contributed by atoms with Crippen LogP contribution in [0.2, 0.25) is 0 Å². The molecule has 0 amide bonds. The highest BCUT2D eigenvalue weighted by Crippen LogP contribution is 2.39. The highest BCUT2D eigenvalue weighted by atomic mass is 16.5. The van der Waals surface area contributed by atoms with Gasteiger partial charge in [0.2, 0.25) is 0 Å². The van der Waals surface area contributed by atoms with Gasteiger partial charge in [0.15, 0.2) is 5.78 Å². The zero-order chi connectivity index (χ0) is 15.7. The van der Waals surface area contributed by atoms with E-state index >= 15 is 0 Å². The second-order valence-electron chi connectivity index (χ2n) is 7.35. The number of Topliss-reactive ketones (excluding diaryl/α,β-unsaturated/α-hetero) is 1. The number of aliphatic hydroxyl groups excluding tert-OH is 1. The average molecular weight is 298 g/mol. The van der Waals surface area contributed by atoms with Crippen LogP contribution in [0.1, 0.15) is 34.1 Å². The number of carbonyl (C=O) groups excluding carboxylic acids is 1. The molecular formula is C16H30N2O3. The second kappa shape index (κ2) is 6.32. The molecule has 2 saturated heterocycles. The van der Waals surface area contributed by atoms with Gasteiger partial charge in [0.05, 0.1) is 18.1 Å². The fourth-order valence-corrected chi connectivity index (χ4v) is 3.65. The van der Waals surface area contributed by atoms with E-state index in [1.165, 1.54) is 0 Å². The molecule has 0 aromatic rings. The summed E-state index contributed by atoms with van der Waals surface area (Å²) in [7, 11) is 0. The molecule has 1 N–H and O–H groups in total. The van der Waals surface area contributed by atoms with Crippen LogP contribution in [-0.4, -0.2) is 77.8 Å². The van der Waals surface area contributed by atoms with Crippen LogP contribution in [0.3, 0.4) is 0 Å². The number of ether oxygens (including phenoxy) is 1. The SMILES string of the molecule is CC1(C)OC(C)(C)C(CN2CCCN(CCO)CC2)C1=O. The molecule has 1 unspecified atom stereocenters. The molecule has 0 aromatic carbocycles. The molecule has 5 nitrogen and oxygen atoms in total. The summed E-state index contributed by atoms with van der Waals surface area (Å²) in [5.41, 5.74) is -1.05. The molecule has 0 spiro atoms. The van der Waals surface area contributed by atoms with Crippen molar-refractivity contribution in [1.82, 2.24) is 9.80 Å². The summed E-state index contributed by atoms with van der Waals surface area (Å²) in [4.78, 5) is 17.2. The Labute approximate surface area is 128 Å². The molecule has 0 aromatic heterocycles. The van der Waals surface area contributed by atoms with Crippen molar-refractivity contribution < 1.29 is 14.6 Å². The number of β-amino-alcohol motifs (C(OH)–C–C–N with tert-alkyl or cyclic N) is 1. The van der Waals surface area contributed by atoms with Gasteiger partial charge in [-0.3, -0.25) is 9.69 Å². The first-order chi connectivity index (χ1) is 9.76. The Hall–Kier alpha value is -0.490. The monoisotopic (exact) mass is 298 g/mol. The van der Waals surface area contributed by atoms with Gasteiger partial charge in [-0.2, -0.15) is 0 Å². The minimum atomic E-state index is -0.664. The highest BCUT2D eigenvalue weighted by molar-refractivity contribution is 5.91. The van der Waals surface area contributed by atoms with E-state index in [2.05, 4.69) is 9.80 Å². The van der Waals surface area contributed by atoms with E-state index < -0.39 is 11.2 Å². The zero-order valence-corrected chi connectivity index (χ0v) is 13.9. The molecule has 0 bridgehead atoms. The second-order valence-corrected chi connectivity index (χ2v) is 7.35. The van der Waals surface area contributed by atoms with Crippen LogP contribution >= 0.6 is 0 Å². The molecule has 2 aliphatic rings. The Morgan fingerprint density at radius 1 is 1.14 bits per heavy atom. The normalized spacial score (nSPS) is 30.5. The molecule has 1 atom stereocenters. The number of rotatable bonds is 4. The Morgan fingerprint density at radius 2 is 1.76 bits per heavy atom. The molecule has 0 radical (unpaired) electrons. The molecule has 21 heavy (non-hydrogen) atoms. The Bertz CT molecular complexity index is 382. The molecule has 122 valence electrons. The summed E-state index contributed by atoms with van der Waals surface area (Å²) in [5.74, 6) is 0.167. The van der Waals surface area contributed by atoms with E-state index in [0.717, 1.165) is 45.7 Å². The van der Waals surface area contributed by atoms with Crippen molar-refractivity contribution >= 4 is 5.78 Å². The molecule has 2 fully saturated rings. The predicted molar refractivity (Wildman–Crippen MR) is 82.3 cm³/mol. The Kier molecular flexibility index (Phi) is 5.08. The third kappa shape index (κ3) is 3.83. The van der Waals surface area contributed by atoms with Gasteiger partial charge in [-0.05, 0) is 47.2 Å². The molecule has 0 aliphatic carbocycles. The summed E-state index contributed by atoms with van der Waals surface area (Å²) < 4.78 is 5.97. The van der Waals surface area contributed by atoms with Gasteiger partial charge in [-0.15, -0.1) is 0 Å². The minimum absolute atomic E-state index is 0.0584. The summed E-state index contributed by atoms with van der Waals surface area (Å²) in [6.45, 7) is 13.5.